The summed E-state index contributed by atoms with van der Waals surface area (Å²) in [7, 11) is 0. The van der Waals surface area contributed by atoms with E-state index in [-0.39, 0.29) is 0 Å². The molecule has 0 bridgehead atoms. The van der Waals surface area contributed by atoms with Crippen LogP contribution in [0.1, 0.15) is 25.8 Å². The largest absolute Gasteiger partial charge is 0.369 e. The smallest absolute Gasteiger partial charge is 0.0471 e. The Balaban J connectivity index is 2.07. The van der Waals surface area contributed by atoms with E-state index in [2.05, 4.69) is 41.1 Å². The number of benzene rings is 1. The van der Waals surface area contributed by atoms with Crippen molar-refractivity contribution in [3.8, 4) is 0 Å². The number of rotatable bonds is 6. The summed E-state index contributed by atoms with van der Waals surface area (Å²) in [6, 6.07) is 6.25. The number of hydrogen-bond donors (Lipinski definition) is 1. The van der Waals surface area contributed by atoms with E-state index >= 15 is 0 Å². The average molecular weight is 296 g/mol. The van der Waals surface area contributed by atoms with Gasteiger partial charge in [0.1, 0.15) is 0 Å². The fourth-order valence-electron chi connectivity index (χ4n) is 2.80. The number of nitrogens with one attached hydrogen (secondary N) is 1. The van der Waals surface area contributed by atoms with Crippen molar-refractivity contribution in [2.24, 2.45) is 0 Å². The fourth-order valence-corrected chi connectivity index (χ4v) is 3.03. The molecule has 0 radical (unpaired) electrons. The van der Waals surface area contributed by atoms with Crippen LogP contribution in [0.5, 0.6) is 0 Å². The molecule has 1 saturated heterocycles. The number of hydrogen-bond acceptors (Lipinski definition) is 3. The van der Waals surface area contributed by atoms with Crippen molar-refractivity contribution >= 4 is 17.3 Å². The van der Waals surface area contributed by atoms with Gasteiger partial charge in [0, 0.05) is 49.0 Å². The number of anilines is 1. The van der Waals surface area contributed by atoms with Gasteiger partial charge in [-0.1, -0.05) is 31.5 Å². The molecule has 1 fully saturated rings. The molecule has 1 N–H and O–H groups in total. The first-order valence-corrected chi connectivity index (χ1v) is 8.09. The first-order chi connectivity index (χ1) is 9.76. The van der Waals surface area contributed by atoms with Crippen molar-refractivity contribution in [3.05, 3.63) is 28.8 Å². The monoisotopic (exact) mass is 295 g/mol. The zero-order valence-electron chi connectivity index (χ0n) is 12.7. The molecule has 0 saturated carbocycles. The maximum absolute atomic E-state index is 6.39. The molecule has 0 amide bonds. The van der Waals surface area contributed by atoms with Gasteiger partial charge in [0.2, 0.25) is 0 Å². The molecule has 1 aromatic carbocycles. The summed E-state index contributed by atoms with van der Waals surface area (Å²) in [6.07, 6.45) is 1.24. The van der Waals surface area contributed by atoms with E-state index in [4.69, 9.17) is 11.6 Å². The molecule has 20 heavy (non-hydrogen) atoms. The predicted molar refractivity (Wildman–Crippen MR) is 87.8 cm³/mol. The maximum atomic E-state index is 6.39. The summed E-state index contributed by atoms with van der Waals surface area (Å²) in [5.41, 5.74) is 2.54. The highest BCUT2D eigenvalue weighted by molar-refractivity contribution is 6.31. The van der Waals surface area contributed by atoms with Gasteiger partial charge >= 0.3 is 0 Å². The van der Waals surface area contributed by atoms with Gasteiger partial charge in [-0.25, -0.2) is 0 Å². The molecule has 3 nitrogen and oxygen atoms in total. The lowest BCUT2D eigenvalue weighted by molar-refractivity contribution is 0.258. The van der Waals surface area contributed by atoms with Gasteiger partial charge in [0.15, 0.2) is 0 Å². The van der Waals surface area contributed by atoms with Crippen LogP contribution in [0.4, 0.5) is 5.69 Å². The fraction of sp³-hybridized carbons (Fsp3) is 0.625. The lowest BCUT2D eigenvalue weighted by Gasteiger charge is -2.37. The van der Waals surface area contributed by atoms with Gasteiger partial charge in [-0.3, -0.25) is 4.90 Å². The summed E-state index contributed by atoms with van der Waals surface area (Å²) in [5, 5.41) is 4.27. The van der Waals surface area contributed by atoms with Gasteiger partial charge in [-0.2, -0.15) is 0 Å². The summed E-state index contributed by atoms with van der Waals surface area (Å²) in [5.74, 6) is 0. The molecule has 112 valence electrons. The van der Waals surface area contributed by atoms with E-state index in [9.17, 15) is 0 Å². The number of nitrogens with zero attached hydrogens (tertiary/aromatic N) is 2. The molecular weight excluding hydrogens is 270 g/mol. The third-order valence-corrected chi connectivity index (χ3v) is 4.25. The van der Waals surface area contributed by atoms with Gasteiger partial charge < -0.3 is 10.2 Å². The number of halogens is 1. The van der Waals surface area contributed by atoms with E-state index in [0.29, 0.717) is 0 Å². The lowest BCUT2D eigenvalue weighted by atomic mass is 10.1. The van der Waals surface area contributed by atoms with Gasteiger partial charge in [-0.05, 0) is 31.6 Å². The normalized spacial score (nSPS) is 16.6. The zero-order chi connectivity index (χ0) is 14.4. The Morgan fingerprint density at radius 1 is 1.15 bits per heavy atom. The van der Waals surface area contributed by atoms with Crippen LogP contribution in [-0.4, -0.2) is 44.2 Å². The molecule has 0 aliphatic carbocycles. The third-order valence-electron chi connectivity index (χ3n) is 3.90. The van der Waals surface area contributed by atoms with Crippen molar-refractivity contribution in [1.82, 2.24) is 10.2 Å². The Kier molecular flexibility index (Phi) is 6.14. The average Bonchev–Trinajstić information content (AvgIpc) is 2.47. The second kappa shape index (κ2) is 7.87. The van der Waals surface area contributed by atoms with Crippen LogP contribution < -0.4 is 10.2 Å². The van der Waals surface area contributed by atoms with Crippen molar-refractivity contribution in [2.75, 3.05) is 44.2 Å². The van der Waals surface area contributed by atoms with Crippen molar-refractivity contribution < 1.29 is 0 Å². The minimum Gasteiger partial charge on any atom is -0.369 e. The van der Waals surface area contributed by atoms with Crippen LogP contribution in [0.3, 0.4) is 0 Å². The van der Waals surface area contributed by atoms with Crippen LogP contribution in [0, 0.1) is 0 Å². The SMILES string of the molecule is CCCN1CCN(c2cccc(Cl)c2CNCC)CC1. The summed E-state index contributed by atoms with van der Waals surface area (Å²) >= 11 is 6.39. The molecule has 4 heteroatoms. The molecule has 1 aliphatic heterocycles. The Labute approximate surface area is 127 Å². The predicted octanol–water partition coefficient (Wildman–Crippen LogP) is 2.98. The zero-order valence-corrected chi connectivity index (χ0v) is 13.4. The Hall–Kier alpha value is -0.770. The lowest BCUT2D eigenvalue weighted by Crippen LogP contribution is -2.46. The third kappa shape index (κ3) is 3.87. The molecular formula is C16H26ClN3. The standard InChI is InChI=1S/C16H26ClN3/c1-3-8-19-9-11-20(12-10-19)16-7-5-6-15(17)14(16)13-18-4-2/h5-7,18H,3-4,8-13H2,1-2H3. The molecule has 1 aliphatic rings. The van der Waals surface area contributed by atoms with Crippen molar-refractivity contribution in [3.63, 3.8) is 0 Å². The summed E-state index contributed by atoms with van der Waals surface area (Å²) in [6.45, 7) is 11.9. The molecule has 1 heterocycles. The van der Waals surface area contributed by atoms with Crippen LogP contribution >= 0.6 is 11.6 Å². The van der Waals surface area contributed by atoms with Gasteiger partial charge in [0.05, 0.1) is 0 Å². The van der Waals surface area contributed by atoms with E-state index in [1.54, 1.807) is 0 Å². The van der Waals surface area contributed by atoms with E-state index in [1.165, 1.54) is 24.2 Å². The minimum atomic E-state index is 0.848. The second-order valence-corrected chi connectivity index (χ2v) is 5.75. The molecule has 0 atom stereocenters. The van der Waals surface area contributed by atoms with Gasteiger partial charge in [0.25, 0.3) is 0 Å². The quantitative estimate of drug-likeness (QED) is 0.870. The minimum absolute atomic E-state index is 0.848. The highest BCUT2D eigenvalue weighted by Crippen LogP contribution is 2.28. The van der Waals surface area contributed by atoms with Crippen molar-refractivity contribution in [1.29, 1.82) is 0 Å². The number of piperazine rings is 1. The maximum Gasteiger partial charge on any atom is 0.0471 e. The molecule has 0 aromatic heterocycles. The topological polar surface area (TPSA) is 18.5 Å². The van der Waals surface area contributed by atoms with Gasteiger partial charge in [-0.15, -0.1) is 0 Å². The first kappa shape index (κ1) is 15.6. The van der Waals surface area contributed by atoms with Crippen LogP contribution in [0.2, 0.25) is 5.02 Å². The van der Waals surface area contributed by atoms with Crippen LogP contribution in [-0.2, 0) is 6.54 Å². The first-order valence-electron chi connectivity index (χ1n) is 7.71. The van der Waals surface area contributed by atoms with Crippen LogP contribution in [0.25, 0.3) is 0 Å². The van der Waals surface area contributed by atoms with E-state index < -0.39 is 0 Å². The highest BCUT2D eigenvalue weighted by Gasteiger charge is 2.19. The highest BCUT2D eigenvalue weighted by atomic mass is 35.5. The van der Waals surface area contributed by atoms with E-state index in [1.807, 2.05) is 6.07 Å². The summed E-state index contributed by atoms with van der Waals surface area (Å²) < 4.78 is 0. The molecule has 0 unspecified atom stereocenters. The van der Waals surface area contributed by atoms with Crippen molar-refractivity contribution in [2.45, 2.75) is 26.8 Å². The Morgan fingerprint density at radius 2 is 1.90 bits per heavy atom. The van der Waals surface area contributed by atoms with Crippen LogP contribution in [0.15, 0.2) is 18.2 Å². The van der Waals surface area contributed by atoms with E-state index in [0.717, 1.165) is 44.3 Å². The summed E-state index contributed by atoms with van der Waals surface area (Å²) in [4.78, 5) is 5.02. The molecule has 2 rings (SSSR count). The Morgan fingerprint density at radius 3 is 2.55 bits per heavy atom. The Bertz CT molecular complexity index is 414. The molecule has 0 spiro atoms. The second-order valence-electron chi connectivity index (χ2n) is 5.35. The molecule has 1 aromatic rings.